The van der Waals surface area contributed by atoms with Crippen LogP contribution in [0.15, 0.2) is 42.6 Å². The minimum absolute atomic E-state index is 0.110. The van der Waals surface area contributed by atoms with Crippen LogP contribution in [-0.2, 0) is 12.7 Å². The fraction of sp³-hybridized carbons (Fsp3) is 0.400. The van der Waals surface area contributed by atoms with Crippen LogP contribution in [0.25, 0.3) is 0 Å². The molecule has 0 atom stereocenters. The van der Waals surface area contributed by atoms with Crippen LogP contribution < -0.4 is 15.0 Å². The van der Waals surface area contributed by atoms with E-state index in [9.17, 15) is 31.1 Å². The Bertz CT molecular complexity index is 910. The molecule has 0 aliphatic carbocycles. The number of amides is 2. The summed E-state index contributed by atoms with van der Waals surface area (Å²) in [6.45, 7) is 0.0694. The first-order valence-corrected chi connectivity index (χ1v) is 9.61. The Labute approximate surface area is 179 Å². The number of anilines is 1. The lowest BCUT2D eigenvalue weighted by Gasteiger charge is -2.36. The van der Waals surface area contributed by atoms with Crippen molar-refractivity contribution in [1.29, 1.82) is 0 Å². The summed E-state index contributed by atoms with van der Waals surface area (Å²) in [6, 6.07) is 7.46. The molecule has 0 unspecified atom stereocenters. The van der Waals surface area contributed by atoms with E-state index in [1.54, 1.807) is 15.9 Å². The highest BCUT2D eigenvalue weighted by Gasteiger charge is 2.31. The second kappa shape index (κ2) is 9.53. The Morgan fingerprint density at radius 1 is 1.03 bits per heavy atom. The summed E-state index contributed by atoms with van der Waals surface area (Å²) in [4.78, 5) is 19.4. The highest BCUT2D eigenvalue weighted by Crippen LogP contribution is 2.31. The van der Waals surface area contributed by atoms with E-state index in [1.165, 1.54) is 24.4 Å². The van der Waals surface area contributed by atoms with Crippen LogP contribution in [-0.4, -0.2) is 54.9 Å². The number of hydrogen-bond donors (Lipinski definition) is 1. The summed E-state index contributed by atoms with van der Waals surface area (Å²) in [5, 5.41) is 2.69. The lowest BCUT2D eigenvalue weighted by atomic mass is 10.1. The molecule has 0 radical (unpaired) electrons. The van der Waals surface area contributed by atoms with Gasteiger partial charge in [-0.05, 0) is 23.8 Å². The molecule has 3 rings (SSSR count). The zero-order chi connectivity index (χ0) is 23.4. The van der Waals surface area contributed by atoms with E-state index in [2.05, 4.69) is 15.0 Å². The zero-order valence-corrected chi connectivity index (χ0v) is 16.7. The average Bonchev–Trinajstić information content (AvgIpc) is 2.76. The maximum absolute atomic E-state index is 12.9. The summed E-state index contributed by atoms with van der Waals surface area (Å²) >= 11 is 0. The van der Waals surface area contributed by atoms with Gasteiger partial charge in [0.15, 0.2) is 6.61 Å². The van der Waals surface area contributed by atoms with E-state index < -0.39 is 24.5 Å². The Balaban J connectivity index is 1.46. The number of ether oxygens (including phenoxy) is 1. The number of nitrogens with one attached hydrogen (secondary N) is 1. The molecule has 1 aliphatic rings. The van der Waals surface area contributed by atoms with Crippen LogP contribution in [0.2, 0.25) is 0 Å². The number of carbonyl (C=O) groups is 1. The quantitative estimate of drug-likeness (QED) is 0.681. The van der Waals surface area contributed by atoms with Crippen molar-refractivity contribution in [3.8, 4) is 5.88 Å². The second-order valence-corrected chi connectivity index (χ2v) is 7.09. The minimum Gasteiger partial charge on any atom is -0.468 e. The normalized spacial score (nSPS) is 14.9. The van der Waals surface area contributed by atoms with Crippen molar-refractivity contribution in [3.63, 3.8) is 0 Å². The van der Waals surface area contributed by atoms with E-state index >= 15 is 0 Å². The Kier molecular flexibility index (Phi) is 6.99. The number of rotatable bonds is 5. The van der Waals surface area contributed by atoms with Gasteiger partial charge in [-0.15, -0.1) is 0 Å². The molecule has 0 spiro atoms. The lowest BCUT2D eigenvalue weighted by Crippen LogP contribution is -2.51. The van der Waals surface area contributed by atoms with Gasteiger partial charge in [-0.1, -0.05) is 12.1 Å². The molecule has 32 heavy (non-hydrogen) atoms. The van der Waals surface area contributed by atoms with Gasteiger partial charge in [0.05, 0.1) is 5.56 Å². The molecule has 1 N–H and O–H groups in total. The van der Waals surface area contributed by atoms with Gasteiger partial charge in [-0.2, -0.15) is 26.3 Å². The molecule has 1 saturated heterocycles. The topological polar surface area (TPSA) is 57.7 Å². The van der Waals surface area contributed by atoms with E-state index in [-0.39, 0.29) is 18.5 Å². The molecule has 1 aromatic heterocycles. The van der Waals surface area contributed by atoms with Gasteiger partial charge in [-0.25, -0.2) is 9.78 Å². The number of alkyl halides is 6. The molecule has 0 saturated carbocycles. The molecule has 1 aliphatic heterocycles. The molecule has 2 amide bonds. The highest BCUT2D eigenvalue weighted by molar-refractivity contribution is 5.74. The molecule has 174 valence electrons. The van der Waals surface area contributed by atoms with Crippen molar-refractivity contribution in [1.82, 2.24) is 15.2 Å². The third-order valence-corrected chi connectivity index (χ3v) is 4.73. The van der Waals surface area contributed by atoms with Gasteiger partial charge >= 0.3 is 18.4 Å². The van der Waals surface area contributed by atoms with Gasteiger partial charge < -0.3 is 19.9 Å². The average molecular weight is 462 g/mol. The van der Waals surface area contributed by atoms with Crippen LogP contribution in [0.4, 0.5) is 36.8 Å². The van der Waals surface area contributed by atoms with Crippen LogP contribution in [0, 0.1) is 0 Å². The fourth-order valence-electron chi connectivity index (χ4n) is 3.09. The smallest absolute Gasteiger partial charge is 0.422 e. The van der Waals surface area contributed by atoms with Gasteiger partial charge in [-0.3, -0.25) is 0 Å². The first kappa shape index (κ1) is 23.5. The second-order valence-electron chi connectivity index (χ2n) is 7.09. The molecule has 0 bridgehead atoms. The number of halogens is 6. The molecule has 12 heteroatoms. The molecule has 2 heterocycles. The van der Waals surface area contributed by atoms with E-state index in [0.717, 1.165) is 12.1 Å². The highest BCUT2D eigenvalue weighted by atomic mass is 19.4. The van der Waals surface area contributed by atoms with Crippen LogP contribution in [0.1, 0.15) is 11.1 Å². The van der Waals surface area contributed by atoms with Gasteiger partial charge in [0, 0.05) is 50.7 Å². The number of nitrogens with zero attached hydrogens (tertiary/aromatic N) is 3. The summed E-state index contributed by atoms with van der Waals surface area (Å²) in [6.07, 6.45) is -7.58. The number of aromatic nitrogens is 1. The molecule has 1 fully saturated rings. The van der Waals surface area contributed by atoms with Crippen LogP contribution in [0.5, 0.6) is 5.88 Å². The first-order chi connectivity index (χ1) is 15.0. The first-order valence-electron chi connectivity index (χ1n) is 9.61. The van der Waals surface area contributed by atoms with E-state index in [4.69, 9.17) is 0 Å². The molecule has 1 aromatic carbocycles. The number of pyridine rings is 1. The number of hydrogen-bond acceptors (Lipinski definition) is 4. The van der Waals surface area contributed by atoms with Crippen LogP contribution in [0.3, 0.4) is 0 Å². The number of piperazine rings is 1. The number of benzene rings is 1. The lowest BCUT2D eigenvalue weighted by molar-refractivity contribution is -0.154. The van der Waals surface area contributed by atoms with Gasteiger partial charge in [0.1, 0.15) is 0 Å². The summed E-state index contributed by atoms with van der Waals surface area (Å²) in [5.74, 6) is -0.178. The van der Waals surface area contributed by atoms with Crippen molar-refractivity contribution in [2.75, 3.05) is 37.7 Å². The number of carbonyl (C=O) groups excluding carboxylic acids is 1. The van der Waals surface area contributed by atoms with Crippen LogP contribution >= 0.6 is 0 Å². The third kappa shape index (κ3) is 6.66. The fourth-order valence-corrected chi connectivity index (χ4v) is 3.09. The monoisotopic (exact) mass is 462 g/mol. The Hall–Kier alpha value is -3.18. The van der Waals surface area contributed by atoms with Crippen molar-refractivity contribution < 1.29 is 35.9 Å². The standard InChI is InChI=1S/C20H20F6N4O2/c21-19(22,23)13-32-17-5-4-14(11-27-17)12-28-18(31)30-8-6-29(7-9-30)16-3-1-2-15(10-16)20(24,25)26/h1-5,10-11H,6-9,12-13H2,(H,28,31). The minimum atomic E-state index is -4.46. The summed E-state index contributed by atoms with van der Waals surface area (Å²) in [5.41, 5.74) is 0.290. The predicted octanol–water partition coefficient (Wildman–Crippen LogP) is 4.07. The molecule has 6 nitrogen and oxygen atoms in total. The Morgan fingerprint density at radius 3 is 2.34 bits per heavy atom. The summed E-state index contributed by atoms with van der Waals surface area (Å²) in [7, 11) is 0. The molecule has 2 aromatic rings. The Morgan fingerprint density at radius 2 is 1.75 bits per heavy atom. The van der Waals surface area contributed by atoms with Crippen molar-refractivity contribution in [3.05, 3.63) is 53.7 Å². The number of urea groups is 1. The molecular weight excluding hydrogens is 442 g/mol. The van der Waals surface area contributed by atoms with Gasteiger partial charge in [0.25, 0.3) is 0 Å². The summed E-state index contributed by atoms with van der Waals surface area (Å²) < 4.78 is 79.6. The van der Waals surface area contributed by atoms with E-state index in [0.29, 0.717) is 37.4 Å². The predicted molar refractivity (Wildman–Crippen MR) is 103 cm³/mol. The largest absolute Gasteiger partial charge is 0.468 e. The maximum atomic E-state index is 12.9. The zero-order valence-electron chi connectivity index (χ0n) is 16.7. The third-order valence-electron chi connectivity index (χ3n) is 4.73. The van der Waals surface area contributed by atoms with Gasteiger partial charge in [0.2, 0.25) is 5.88 Å². The van der Waals surface area contributed by atoms with Crippen molar-refractivity contribution >= 4 is 11.7 Å². The maximum Gasteiger partial charge on any atom is 0.422 e. The van der Waals surface area contributed by atoms with Crippen molar-refractivity contribution in [2.45, 2.75) is 18.9 Å². The van der Waals surface area contributed by atoms with E-state index in [1.807, 2.05) is 0 Å². The SMILES string of the molecule is O=C(NCc1ccc(OCC(F)(F)F)nc1)N1CCN(c2cccc(C(F)(F)F)c2)CC1. The van der Waals surface area contributed by atoms with Crippen molar-refractivity contribution in [2.24, 2.45) is 0 Å². The molecular formula is C20H20F6N4O2.